The molecule has 0 aliphatic carbocycles. The molecule has 0 spiro atoms. The van der Waals surface area contributed by atoms with Crippen molar-refractivity contribution >= 4 is 21.4 Å². The first-order chi connectivity index (χ1) is 18.4. The molecule has 0 aromatic heterocycles. The van der Waals surface area contributed by atoms with E-state index >= 15 is 0 Å². The minimum absolute atomic E-state index is 0.0738. The first-order valence-corrected chi connectivity index (χ1v) is 14.9. The molecular weight excluding hydrogens is 498 g/mol. The zero-order chi connectivity index (χ0) is 26.7. The molecule has 1 N–H and O–H groups in total. The molecule has 2 aliphatic rings. The van der Waals surface area contributed by atoms with E-state index in [1.165, 1.54) is 5.56 Å². The Balaban J connectivity index is 1.47. The van der Waals surface area contributed by atoms with Crippen molar-refractivity contribution in [1.29, 1.82) is 0 Å². The lowest BCUT2D eigenvalue weighted by atomic mass is 9.79. The molecule has 5 rings (SSSR count). The number of benzene rings is 3. The van der Waals surface area contributed by atoms with Crippen LogP contribution in [0, 0.1) is 0 Å². The van der Waals surface area contributed by atoms with Crippen LogP contribution in [0.5, 0.6) is 11.5 Å². The number of likely N-dealkylation sites (N-methyl/N-ethyl adjacent to an activating group) is 1. The highest BCUT2D eigenvalue weighted by Crippen LogP contribution is 2.42. The van der Waals surface area contributed by atoms with Crippen molar-refractivity contribution in [3.63, 3.8) is 0 Å². The van der Waals surface area contributed by atoms with E-state index in [-0.39, 0.29) is 17.7 Å². The molecular formula is C30H35N3O4S. The minimum Gasteiger partial charge on any atom is -0.490 e. The van der Waals surface area contributed by atoms with Crippen LogP contribution in [0.15, 0.2) is 71.7 Å². The van der Waals surface area contributed by atoms with E-state index in [4.69, 9.17) is 14.5 Å². The number of rotatable bonds is 9. The Labute approximate surface area is 225 Å². The predicted molar refractivity (Wildman–Crippen MR) is 152 cm³/mol. The van der Waals surface area contributed by atoms with Gasteiger partial charge in [0.1, 0.15) is 0 Å². The third kappa shape index (κ3) is 5.71. The summed E-state index contributed by atoms with van der Waals surface area (Å²) in [6.07, 6.45) is 0.985. The number of likely N-dealkylation sites (tertiary alicyclic amines) is 1. The van der Waals surface area contributed by atoms with Crippen LogP contribution in [0.2, 0.25) is 0 Å². The third-order valence-corrected chi connectivity index (χ3v) is 8.34. The van der Waals surface area contributed by atoms with E-state index in [0.29, 0.717) is 24.7 Å². The lowest BCUT2D eigenvalue weighted by Gasteiger charge is -2.39. The minimum atomic E-state index is -3.53. The van der Waals surface area contributed by atoms with Gasteiger partial charge in [-0.05, 0) is 69.3 Å². The van der Waals surface area contributed by atoms with Crippen molar-refractivity contribution < 1.29 is 17.9 Å². The fourth-order valence-electron chi connectivity index (χ4n) is 5.36. The van der Waals surface area contributed by atoms with E-state index in [1.807, 2.05) is 56.3 Å². The summed E-state index contributed by atoms with van der Waals surface area (Å²) in [5, 5.41) is 0. The van der Waals surface area contributed by atoms with Gasteiger partial charge in [0, 0.05) is 29.3 Å². The van der Waals surface area contributed by atoms with Crippen LogP contribution in [0.3, 0.4) is 0 Å². The van der Waals surface area contributed by atoms with Gasteiger partial charge >= 0.3 is 0 Å². The Morgan fingerprint density at radius 3 is 2.34 bits per heavy atom. The van der Waals surface area contributed by atoms with Crippen LogP contribution >= 0.6 is 0 Å². The topological polar surface area (TPSA) is 80.2 Å². The van der Waals surface area contributed by atoms with Crippen molar-refractivity contribution in [2.24, 2.45) is 4.99 Å². The summed E-state index contributed by atoms with van der Waals surface area (Å²) in [6, 6.07) is 21.0. The highest BCUT2D eigenvalue weighted by atomic mass is 32.2. The highest BCUT2D eigenvalue weighted by Gasteiger charge is 2.36. The Kier molecular flexibility index (Phi) is 7.72. The van der Waals surface area contributed by atoms with Crippen LogP contribution in [-0.4, -0.2) is 58.4 Å². The van der Waals surface area contributed by atoms with Gasteiger partial charge in [-0.2, -0.15) is 0 Å². The Morgan fingerprint density at radius 2 is 1.66 bits per heavy atom. The lowest BCUT2D eigenvalue weighted by Crippen LogP contribution is -2.41. The fourth-order valence-corrected chi connectivity index (χ4v) is 6.56. The zero-order valence-electron chi connectivity index (χ0n) is 22.2. The van der Waals surface area contributed by atoms with Crippen molar-refractivity contribution in [3.05, 3.63) is 89.0 Å². The maximum absolute atomic E-state index is 12.7. The molecule has 2 aliphatic heterocycles. The Bertz CT molecular complexity index is 1410. The van der Waals surface area contributed by atoms with Gasteiger partial charge in [0.15, 0.2) is 11.5 Å². The van der Waals surface area contributed by atoms with Crippen molar-refractivity contribution in [2.45, 2.75) is 38.0 Å². The number of hydrogen-bond donors (Lipinski definition) is 1. The van der Waals surface area contributed by atoms with Crippen LogP contribution in [-0.2, 0) is 15.8 Å². The number of aliphatic imine (C=N–C) groups is 1. The molecule has 200 valence electrons. The van der Waals surface area contributed by atoms with Gasteiger partial charge in [-0.3, -0.25) is 9.71 Å². The first kappa shape index (κ1) is 26.3. The number of piperidine rings is 1. The molecule has 2 heterocycles. The van der Waals surface area contributed by atoms with E-state index in [2.05, 4.69) is 28.8 Å². The van der Waals surface area contributed by atoms with Gasteiger partial charge in [-0.25, -0.2) is 8.42 Å². The van der Waals surface area contributed by atoms with Crippen LogP contribution in [0.1, 0.15) is 48.4 Å². The van der Waals surface area contributed by atoms with E-state index < -0.39 is 10.0 Å². The second kappa shape index (κ2) is 11.2. The van der Waals surface area contributed by atoms with Crippen LogP contribution in [0.25, 0.3) is 0 Å². The second-order valence-corrected chi connectivity index (χ2v) is 11.6. The Hall–Kier alpha value is -3.36. The third-order valence-electron chi connectivity index (χ3n) is 7.08. The average molecular weight is 534 g/mol. The summed E-state index contributed by atoms with van der Waals surface area (Å²) in [5.41, 5.74) is 5.40. The van der Waals surface area contributed by atoms with E-state index in [9.17, 15) is 8.42 Å². The molecule has 2 atom stereocenters. The largest absolute Gasteiger partial charge is 0.490 e. The van der Waals surface area contributed by atoms with Gasteiger partial charge in [0.25, 0.3) is 0 Å². The van der Waals surface area contributed by atoms with Gasteiger partial charge in [0.2, 0.25) is 10.0 Å². The summed E-state index contributed by atoms with van der Waals surface area (Å²) in [5.74, 6) is 1.69. The summed E-state index contributed by atoms with van der Waals surface area (Å²) in [6.45, 7) is 7.00. The van der Waals surface area contributed by atoms with Crippen molar-refractivity contribution in [2.75, 3.05) is 38.1 Å². The molecule has 0 saturated carbocycles. The van der Waals surface area contributed by atoms with Crippen LogP contribution in [0.4, 0.5) is 5.69 Å². The van der Waals surface area contributed by atoms with Gasteiger partial charge in [-0.15, -0.1) is 0 Å². The molecule has 1 fully saturated rings. The average Bonchev–Trinajstić information content (AvgIpc) is 2.90. The smallest absolute Gasteiger partial charge is 0.236 e. The van der Waals surface area contributed by atoms with Crippen LogP contribution < -0.4 is 14.2 Å². The molecule has 0 amide bonds. The lowest BCUT2D eigenvalue weighted by molar-refractivity contribution is 0.226. The standard InChI is InChI=1S/C30H35N3O4S/c1-4-36-28-17-24-25(18-29(28)37-5-2)30(31-27-15-16-33(3)19-26(24)27)22-11-13-23(14-12-22)32-38(34,35)20-21-9-7-6-8-10-21/h6-14,17-18,26-27,32H,4-5,15-16,19-20H2,1-3H3. The second-order valence-electron chi connectivity index (χ2n) is 9.88. The van der Waals surface area contributed by atoms with Gasteiger partial charge < -0.3 is 14.4 Å². The number of nitrogens with zero attached hydrogens (tertiary/aromatic N) is 2. The van der Waals surface area contributed by atoms with Crippen molar-refractivity contribution in [1.82, 2.24) is 4.90 Å². The first-order valence-electron chi connectivity index (χ1n) is 13.2. The monoisotopic (exact) mass is 533 g/mol. The van der Waals surface area contributed by atoms with E-state index in [1.54, 1.807) is 12.1 Å². The molecule has 3 aromatic rings. The summed E-state index contributed by atoms with van der Waals surface area (Å²) < 4.78 is 40.1. The number of sulfonamides is 1. The molecule has 0 bridgehead atoms. The number of nitrogens with one attached hydrogen (secondary N) is 1. The summed E-state index contributed by atoms with van der Waals surface area (Å²) >= 11 is 0. The fraction of sp³-hybridized carbons (Fsp3) is 0.367. The normalized spacial score (nSPS) is 19.2. The summed E-state index contributed by atoms with van der Waals surface area (Å²) in [4.78, 5) is 7.60. The highest BCUT2D eigenvalue weighted by molar-refractivity contribution is 7.91. The van der Waals surface area contributed by atoms with Gasteiger partial charge in [0.05, 0.1) is 30.7 Å². The quantitative estimate of drug-likeness (QED) is 0.416. The number of ether oxygens (including phenoxy) is 2. The summed E-state index contributed by atoms with van der Waals surface area (Å²) in [7, 11) is -1.38. The molecule has 7 nitrogen and oxygen atoms in total. The molecule has 3 aromatic carbocycles. The number of hydrogen-bond acceptors (Lipinski definition) is 6. The number of fused-ring (bicyclic) bond motifs is 3. The molecule has 1 saturated heterocycles. The predicted octanol–water partition coefficient (Wildman–Crippen LogP) is 5.06. The molecule has 8 heteroatoms. The zero-order valence-corrected chi connectivity index (χ0v) is 23.0. The number of anilines is 1. The van der Waals surface area contributed by atoms with Crippen molar-refractivity contribution in [3.8, 4) is 11.5 Å². The molecule has 38 heavy (non-hydrogen) atoms. The van der Waals surface area contributed by atoms with Gasteiger partial charge in [-0.1, -0.05) is 42.5 Å². The molecule has 2 unspecified atom stereocenters. The SMILES string of the molecule is CCOc1cc2c(cc1OCC)C1CN(C)CCC1N=C2c1ccc(NS(=O)(=O)Cc2ccccc2)cc1. The Morgan fingerprint density at radius 1 is 0.974 bits per heavy atom. The van der Waals surface area contributed by atoms with E-state index in [0.717, 1.165) is 47.7 Å². The maximum atomic E-state index is 12.7. The maximum Gasteiger partial charge on any atom is 0.236 e. The molecule has 0 radical (unpaired) electrons.